The maximum absolute atomic E-state index is 12.1. The second-order valence-electron chi connectivity index (χ2n) is 4.24. The second kappa shape index (κ2) is 3.76. The van der Waals surface area contributed by atoms with Gasteiger partial charge in [0.15, 0.2) is 0 Å². The molecule has 1 amide bonds. The van der Waals surface area contributed by atoms with E-state index in [1.165, 1.54) is 12.5 Å². The van der Waals surface area contributed by atoms with Crippen LogP contribution in [0.3, 0.4) is 0 Å². The standard InChI is InChI=1S/C12H13N3O2/c1-14-8-13-10-2-4-15(6-11(10)14)12(16)9-3-5-17-7-9/h3,5,7-8H,2,4,6H2,1H3. The van der Waals surface area contributed by atoms with E-state index >= 15 is 0 Å². The summed E-state index contributed by atoms with van der Waals surface area (Å²) in [7, 11) is 1.96. The highest BCUT2D eigenvalue weighted by atomic mass is 16.3. The molecular formula is C12H13N3O2. The van der Waals surface area contributed by atoms with Gasteiger partial charge >= 0.3 is 0 Å². The highest BCUT2D eigenvalue weighted by Crippen LogP contribution is 2.19. The second-order valence-corrected chi connectivity index (χ2v) is 4.24. The first-order valence-corrected chi connectivity index (χ1v) is 5.56. The Kier molecular flexibility index (Phi) is 2.24. The van der Waals surface area contributed by atoms with Gasteiger partial charge in [0.1, 0.15) is 6.26 Å². The number of carbonyl (C=O) groups is 1. The lowest BCUT2D eigenvalue weighted by Crippen LogP contribution is -2.36. The van der Waals surface area contributed by atoms with Crippen molar-refractivity contribution in [2.24, 2.45) is 7.05 Å². The van der Waals surface area contributed by atoms with Crippen molar-refractivity contribution in [3.8, 4) is 0 Å². The number of rotatable bonds is 1. The molecule has 0 radical (unpaired) electrons. The Hall–Kier alpha value is -2.04. The minimum Gasteiger partial charge on any atom is -0.472 e. The summed E-state index contributed by atoms with van der Waals surface area (Å²) in [6.07, 6.45) is 5.63. The zero-order chi connectivity index (χ0) is 11.8. The Morgan fingerprint density at radius 2 is 2.41 bits per heavy atom. The normalized spacial score (nSPS) is 14.8. The number of aromatic nitrogens is 2. The maximum atomic E-state index is 12.1. The number of amides is 1. The van der Waals surface area contributed by atoms with E-state index in [1.807, 2.05) is 16.5 Å². The van der Waals surface area contributed by atoms with Crippen molar-refractivity contribution in [1.29, 1.82) is 0 Å². The number of fused-ring (bicyclic) bond motifs is 1. The summed E-state index contributed by atoms with van der Waals surface area (Å²) in [4.78, 5) is 18.3. The lowest BCUT2D eigenvalue weighted by Gasteiger charge is -2.26. The predicted octanol–water partition coefficient (Wildman–Crippen LogP) is 1.21. The van der Waals surface area contributed by atoms with E-state index in [-0.39, 0.29) is 5.91 Å². The minimum atomic E-state index is 0.0191. The molecule has 0 aromatic carbocycles. The van der Waals surface area contributed by atoms with Gasteiger partial charge < -0.3 is 13.9 Å². The third kappa shape index (κ3) is 1.63. The molecule has 0 fully saturated rings. The number of nitrogens with zero attached hydrogens (tertiary/aromatic N) is 3. The van der Waals surface area contributed by atoms with E-state index in [9.17, 15) is 4.79 Å². The molecule has 1 aliphatic heterocycles. The molecule has 1 aliphatic rings. The number of aryl methyl sites for hydroxylation is 1. The number of hydrogen-bond donors (Lipinski definition) is 0. The van der Waals surface area contributed by atoms with Crippen molar-refractivity contribution in [2.45, 2.75) is 13.0 Å². The molecule has 2 aromatic rings. The molecule has 0 aliphatic carbocycles. The van der Waals surface area contributed by atoms with Gasteiger partial charge in [-0.25, -0.2) is 4.98 Å². The molecule has 0 spiro atoms. The molecule has 0 unspecified atom stereocenters. The number of carbonyl (C=O) groups excluding carboxylic acids is 1. The summed E-state index contributed by atoms with van der Waals surface area (Å²) < 4.78 is 6.92. The number of imidazole rings is 1. The largest absolute Gasteiger partial charge is 0.472 e. The molecule has 3 rings (SSSR count). The molecule has 2 aromatic heterocycles. The van der Waals surface area contributed by atoms with Crippen LogP contribution >= 0.6 is 0 Å². The van der Waals surface area contributed by atoms with Crippen molar-refractivity contribution >= 4 is 5.91 Å². The monoisotopic (exact) mass is 231 g/mol. The summed E-state index contributed by atoms with van der Waals surface area (Å²) in [6, 6.07) is 1.70. The van der Waals surface area contributed by atoms with Gasteiger partial charge in [-0.2, -0.15) is 0 Å². The van der Waals surface area contributed by atoms with Crippen LogP contribution in [0.1, 0.15) is 21.7 Å². The van der Waals surface area contributed by atoms with Gasteiger partial charge in [0.2, 0.25) is 0 Å². The molecule has 3 heterocycles. The van der Waals surface area contributed by atoms with Crippen LogP contribution in [0.25, 0.3) is 0 Å². The smallest absolute Gasteiger partial charge is 0.257 e. The summed E-state index contributed by atoms with van der Waals surface area (Å²) in [5.41, 5.74) is 2.83. The van der Waals surface area contributed by atoms with Gasteiger partial charge in [0, 0.05) is 20.0 Å². The van der Waals surface area contributed by atoms with Crippen molar-refractivity contribution in [3.63, 3.8) is 0 Å². The van der Waals surface area contributed by atoms with E-state index in [1.54, 1.807) is 12.4 Å². The molecular weight excluding hydrogens is 218 g/mol. The van der Waals surface area contributed by atoms with Crippen LogP contribution < -0.4 is 0 Å². The first kappa shape index (κ1) is 10.1. The van der Waals surface area contributed by atoms with Gasteiger partial charge in [-0.1, -0.05) is 0 Å². The molecule has 5 heteroatoms. The number of hydrogen-bond acceptors (Lipinski definition) is 3. The Bertz CT molecular complexity index is 542. The van der Waals surface area contributed by atoms with E-state index in [4.69, 9.17) is 4.42 Å². The summed E-state index contributed by atoms with van der Waals surface area (Å²) >= 11 is 0. The maximum Gasteiger partial charge on any atom is 0.257 e. The van der Waals surface area contributed by atoms with Crippen LogP contribution in [0, 0.1) is 0 Å². The van der Waals surface area contributed by atoms with Gasteiger partial charge in [0.05, 0.1) is 36.1 Å². The fourth-order valence-corrected chi connectivity index (χ4v) is 2.16. The Morgan fingerprint density at radius 1 is 1.53 bits per heavy atom. The predicted molar refractivity (Wildman–Crippen MR) is 60.4 cm³/mol. The van der Waals surface area contributed by atoms with E-state index < -0.39 is 0 Å². The van der Waals surface area contributed by atoms with Crippen molar-refractivity contribution < 1.29 is 9.21 Å². The topological polar surface area (TPSA) is 51.3 Å². The van der Waals surface area contributed by atoms with Crippen molar-refractivity contribution in [2.75, 3.05) is 6.54 Å². The molecule has 0 atom stereocenters. The molecule has 0 saturated heterocycles. The quantitative estimate of drug-likeness (QED) is 0.741. The lowest BCUT2D eigenvalue weighted by atomic mass is 10.1. The fraction of sp³-hybridized carbons (Fsp3) is 0.333. The Labute approximate surface area is 98.7 Å². The lowest BCUT2D eigenvalue weighted by molar-refractivity contribution is 0.0729. The first-order chi connectivity index (χ1) is 8.25. The average molecular weight is 231 g/mol. The summed E-state index contributed by atoms with van der Waals surface area (Å²) in [6.45, 7) is 1.34. The molecule has 0 N–H and O–H groups in total. The van der Waals surface area contributed by atoms with Crippen LogP contribution in [0.2, 0.25) is 0 Å². The van der Waals surface area contributed by atoms with Gasteiger partial charge in [-0.15, -0.1) is 0 Å². The van der Waals surface area contributed by atoms with E-state index in [2.05, 4.69) is 4.98 Å². The highest BCUT2D eigenvalue weighted by molar-refractivity contribution is 5.93. The molecule has 0 saturated carbocycles. The van der Waals surface area contributed by atoms with Gasteiger partial charge in [0.25, 0.3) is 5.91 Å². The Morgan fingerprint density at radius 3 is 3.18 bits per heavy atom. The fourth-order valence-electron chi connectivity index (χ4n) is 2.16. The van der Waals surface area contributed by atoms with Crippen molar-refractivity contribution in [1.82, 2.24) is 14.5 Å². The van der Waals surface area contributed by atoms with Crippen LogP contribution in [0.4, 0.5) is 0 Å². The highest BCUT2D eigenvalue weighted by Gasteiger charge is 2.24. The summed E-state index contributed by atoms with van der Waals surface area (Å²) in [5, 5.41) is 0. The zero-order valence-electron chi connectivity index (χ0n) is 9.59. The zero-order valence-corrected chi connectivity index (χ0v) is 9.59. The van der Waals surface area contributed by atoms with Crippen LogP contribution in [-0.2, 0) is 20.0 Å². The average Bonchev–Trinajstić information content (AvgIpc) is 2.98. The van der Waals surface area contributed by atoms with Gasteiger partial charge in [-0.05, 0) is 6.07 Å². The molecule has 17 heavy (non-hydrogen) atoms. The van der Waals surface area contributed by atoms with E-state index in [0.717, 1.165) is 17.8 Å². The third-order valence-corrected chi connectivity index (χ3v) is 3.16. The molecule has 88 valence electrons. The minimum absolute atomic E-state index is 0.0191. The molecule has 0 bridgehead atoms. The van der Waals surface area contributed by atoms with Gasteiger partial charge in [-0.3, -0.25) is 4.79 Å². The van der Waals surface area contributed by atoms with Crippen molar-refractivity contribution in [3.05, 3.63) is 41.9 Å². The molecule has 5 nitrogen and oxygen atoms in total. The van der Waals surface area contributed by atoms with Crippen LogP contribution in [-0.4, -0.2) is 26.9 Å². The van der Waals surface area contributed by atoms with Crippen LogP contribution in [0.5, 0.6) is 0 Å². The SMILES string of the molecule is Cn1cnc2c1CN(C(=O)c1ccoc1)CC2. The summed E-state index contributed by atoms with van der Waals surface area (Å²) in [5.74, 6) is 0.0191. The third-order valence-electron chi connectivity index (χ3n) is 3.16. The Balaban J connectivity index is 1.84. The van der Waals surface area contributed by atoms with Crippen LogP contribution in [0.15, 0.2) is 29.3 Å². The number of furan rings is 1. The first-order valence-electron chi connectivity index (χ1n) is 5.56. The van der Waals surface area contributed by atoms with E-state index in [0.29, 0.717) is 18.7 Å².